The maximum absolute atomic E-state index is 11.1. The largest absolute Gasteiger partial charge is 1.00 e. The van der Waals surface area contributed by atoms with Crippen molar-refractivity contribution in [3.63, 3.8) is 0 Å². The van der Waals surface area contributed by atoms with Gasteiger partial charge in [0.1, 0.15) is 0 Å². The molecular weight excluding hydrogens is 222 g/mol. The van der Waals surface area contributed by atoms with E-state index >= 15 is 0 Å². The average molecular weight is 232 g/mol. The maximum atomic E-state index is 11.1. The summed E-state index contributed by atoms with van der Waals surface area (Å²) in [7, 11) is -2.76. The molecule has 0 aliphatic rings. The normalized spacial score (nSPS) is 15.5. The Labute approximate surface area is 98.8 Å². The van der Waals surface area contributed by atoms with Gasteiger partial charge in [-0.05, 0) is 0 Å². The van der Waals surface area contributed by atoms with Crippen molar-refractivity contribution in [1.29, 1.82) is 0 Å². The van der Waals surface area contributed by atoms with E-state index in [0.29, 0.717) is 0 Å². The van der Waals surface area contributed by atoms with Crippen LogP contribution in [0.25, 0.3) is 0 Å². The molecule has 0 aromatic carbocycles. The molecule has 0 spiro atoms. The standard InChI is InChI=1S/C6H11O7P.Li/c1-4(7)13-6(5(8)11-2)14(9,10)12-3;/h6H,1-3H3,(H,9,10);/q;+1/p-1. The Morgan fingerprint density at radius 3 is 2.07 bits per heavy atom. The van der Waals surface area contributed by atoms with Gasteiger partial charge in [0.2, 0.25) is 0 Å². The minimum atomic E-state index is -4.58. The monoisotopic (exact) mass is 232 g/mol. The molecule has 82 valence electrons. The second kappa shape index (κ2) is 7.04. The second-order valence-electron chi connectivity index (χ2n) is 2.21. The third kappa shape index (κ3) is 5.35. The van der Waals surface area contributed by atoms with Gasteiger partial charge in [0.25, 0.3) is 5.85 Å². The van der Waals surface area contributed by atoms with Gasteiger partial charge in [0, 0.05) is 14.0 Å². The molecule has 0 saturated carbocycles. The minimum Gasteiger partial charge on any atom is -0.775 e. The van der Waals surface area contributed by atoms with Crippen LogP contribution in [-0.4, -0.2) is 32.0 Å². The van der Waals surface area contributed by atoms with E-state index in [0.717, 1.165) is 21.1 Å². The Morgan fingerprint density at radius 2 is 1.80 bits per heavy atom. The van der Waals surface area contributed by atoms with E-state index in [1.165, 1.54) is 0 Å². The van der Waals surface area contributed by atoms with Crippen molar-refractivity contribution in [3.8, 4) is 0 Å². The third-order valence-corrected chi connectivity index (χ3v) is 2.62. The molecule has 2 atom stereocenters. The van der Waals surface area contributed by atoms with Crippen molar-refractivity contribution < 1.29 is 51.9 Å². The van der Waals surface area contributed by atoms with E-state index in [2.05, 4.69) is 14.0 Å². The summed E-state index contributed by atoms with van der Waals surface area (Å²) in [5.74, 6) is -4.18. The summed E-state index contributed by atoms with van der Waals surface area (Å²) in [6.45, 7) is 0.964. The Kier molecular flexibility index (Phi) is 8.03. The summed E-state index contributed by atoms with van der Waals surface area (Å²) in [6.07, 6.45) is 0. The van der Waals surface area contributed by atoms with Crippen LogP contribution >= 0.6 is 7.60 Å². The van der Waals surface area contributed by atoms with Gasteiger partial charge in [-0.1, -0.05) is 0 Å². The van der Waals surface area contributed by atoms with Crippen LogP contribution in [-0.2, 0) is 28.2 Å². The Morgan fingerprint density at radius 1 is 1.33 bits per heavy atom. The van der Waals surface area contributed by atoms with E-state index in [-0.39, 0.29) is 18.9 Å². The number of hydrogen-bond acceptors (Lipinski definition) is 7. The van der Waals surface area contributed by atoms with Gasteiger partial charge in [-0.2, -0.15) is 0 Å². The molecule has 0 heterocycles. The summed E-state index contributed by atoms with van der Waals surface area (Å²) in [4.78, 5) is 32.5. The van der Waals surface area contributed by atoms with Crippen LogP contribution in [0.4, 0.5) is 0 Å². The van der Waals surface area contributed by atoms with Crippen LogP contribution in [0.15, 0.2) is 0 Å². The summed E-state index contributed by atoms with van der Waals surface area (Å²) in [6, 6.07) is 0. The Balaban J connectivity index is 0. The van der Waals surface area contributed by atoms with Gasteiger partial charge in [-0.15, -0.1) is 0 Å². The zero-order chi connectivity index (χ0) is 11.4. The third-order valence-electron chi connectivity index (χ3n) is 1.22. The zero-order valence-corrected chi connectivity index (χ0v) is 9.78. The van der Waals surface area contributed by atoms with Crippen molar-refractivity contribution in [2.75, 3.05) is 14.2 Å². The predicted molar refractivity (Wildman–Crippen MR) is 42.2 cm³/mol. The van der Waals surface area contributed by atoms with Gasteiger partial charge >= 0.3 is 30.8 Å². The molecule has 7 nitrogen and oxygen atoms in total. The SMILES string of the molecule is COC(=O)C(OC(C)=O)P(=O)([O-])OC.[Li+]. The second-order valence-corrected chi connectivity index (χ2v) is 4.12. The topological polar surface area (TPSA) is 102 Å². The first-order valence-corrected chi connectivity index (χ1v) is 5.08. The molecule has 0 amide bonds. The molecule has 0 aromatic rings. The minimum absolute atomic E-state index is 0. The number of ether oxygens (including phenoxy) is 2. The van der Waals surface area contributed by atoms with Crippen molar-refractivity contribution >= 4 is 19.5 Å². The van der Waals surface area contributed by atoms with E-state index in [9.17, 15) is 19.0 Å². The summed E-state index contributed by atoms with van der Waals surface area (Å²) >= 11 is 0. The van der Waals surface area contributed by atoms with Crippen LogP contribution in [0, 0.1) is 0 Å². The molecule has 15 heavy (non-hydrogen) atoms. The fourth-order valence-electron chi connectivity index (χ4n) is 0.596. The van der Waals surface area contributed by atoms with Crippen molar-refractivity contribution in [2.45, 2.75) is 12.8 Å². The molecule has 0 aliphatic heterocycles. The van der Waals surface area contributed by atoms with Gasteiger partial charge < -0.3 is 23.5 Å². The first kappa shape index (κ1) is 17.1. The average Bonchev–Trinajstić information content (AvgIpc) is 2.12. The van der Waals surface area contributed by atoms with E-state index in [4.69, 9.17) is 0 Å². The van der Waals surface area contributed by atoms with Crippen LogP contribution < -0.4 is 23.8 Å². The number of esters is 2. The predicted octanol–water partition coefficient (Wildman–Crippen LogP) is -3.75. The number of carbonyl (C=O) groups is 2. The molecule has 0 radical (unpaired) electrons. The molecular formula is C6H10LiO7P. The smallest absolute Gasteiger partial charge is 0.775 e. The first-order valence-electron chi connectivity index (χ1n) is 3.46. The van der Waals surface area contributed by atoms with Crippen LogP contribution in [0.5, 0.6) is 0 Å². The fraction of sp³-hybridized carbons (Fsp3) is 0.667. The van der Waals surface area contributed by atoms with Gasteiger partial charge in [0.05, 0.1) is 7.11 Å². The number of methoxy groups -OCH3 is 1. The summed E-state index contributed by atoms with van der Waals surface area (Å²) < 4.78 is 23.5. The maximum Gasteiger partial charge on any atom is 1.00 e. The zero-order valence-electron chi connectivity index (χ0n) is 8.88. The van der Waals surface area contributed by atoms with Crippen LogP contribution in [0.1, 0.15) is 6.92 Å². The number of rotatable bonds is 4. The number of carbonyl (C=O) groups excluding carboxylic acids is 2. The van der Waals surface area contributed by atoms with Gasteiger partial charge in [-0.25, -0.2) is 4.79 Å². The summed E-state index contributed by atoms with van der Waals surface area (Å²) in [5.41, 5.74) is 0. The van der Waals surface area contributed by atoms with E-state index in [1.54, 1.807) is 0 Å². The Bertz CT molecular complexity index is 279. The summed E-state index contributed by atoms with van der Waals surface area (Å²) in [5, 5.41) is 0. The molecule has 0 fully saturated rings. The molecule has 0 bridgehead atoms. The van der Waals surface area contributed by atoms with E-state index in [1.807, 2.05) is 0 Å². The molecule has 9 heteroatoms. The van der Waals surface area contributed by atoms with Crippen molar-refractivity contribution in [1.82, 2.24) is 0 Å². The molecule has 0 aromatic heterocycles. The molecule has 2 unspecified atom stereocenters. The molecule has 0 aliphatic carbocycles. The fourth-order valence-corrected chi connectivity index (χ4v) is 1.43. The molecule has 0 N–H and O–H groups in total. The van der Waals surface area contributed by atoms with Crippen LogP contribution in [0.3, 0.4) is 0 Å². The van der Waals surface area contributed by atoms with Gasteiger partial charge in [0.15, 0.2) is 7.60 Å². The molecule has 0 saturated heterocycles. The molecule has 0 rings (SSSR count). The first-order chi connectivity index (χ1) is 6.35. The van der Waals surface area contributed by atoms with Crippen molar-refractivity contribution in [2.24, 2.45) is 0 Å². The van der Waals surface area contributed by atoms with Gasteiger partial charge in [-0.3, -0.25) is 4.79 Å². The number of hydrogen-bond donors (Lipinski definition) is 0. The van der Waals surface area contributed by atoms with Crippen LogP contribution in [0.2, 0.25) is 0 Å². The van der Waals surface area contributed by atoms with E-state index < -0.39 is 25.4 Å². The quantitative estimate of drug-likeness (QED) is 0.278. The Hall–Kier alpha value is -0.313. The van der Waals surface area contributed by atoms with Crippen molar-refractivity contribution in [3.05, 3.63) is 0 Å².